The monoisotopic (exact) mass is 195 g/mol. The van der Waals surface area contributed by atoms with Crippen LogP contribution in [0.15, 0.2) is 18.2 Å². The highest BCUT2D eigenvalue weighted by molar-refractivity contribution is 6.31. The van der Waals surface area contributed by atoms with Gasteiger partial charge in [0.1, 0.15) is 11.0 Å². The van der Waals surface area contributed by atoms with Crippen LogP contribution in [-0.2, 0) is 6.54 Å². The first-order chi connectivity index (χ1) is 6.29. The Balaban J connectivity index is 2.49. The molecule has 0 N–H and O–H groups in total. The average molecular weight is 196 g/mol. The van der Waals surface area contributed by atoms with Crippen LogP contribution in [0.5, 0.6) is 0 Å². The van der Waals surface area contributed by atoms with Crippen molar-refractivity contribution in [3.63, 3.8) is 0 Å². The second kappa shape index (κ2) is 3.34. The molecule has 0 bridgehead atoms. The first kappa shape index (κ1) is 8.51. The largest absolute Gasteiger partial charge is 0.184 e. The van der Waals surface area contributed by atoms with Gasteiger partial charge in [-0.05, 0) is 24.6 Å². The van der Waals surface area contributed by atoms with E-state index >= 15 is 0 Å². The summed E-state index contributed by atoms with van der Waals surface area (Å²) in [6.07, 6.45) is 1.04. The Bertz CT molecular complexity index is 422. The lowest BCUT2D eigenvalue weighted by Crippen LogP contribution is -2.00. The van der Waals surface area contributed by atoms with Crippen molar-refractivity contribution in [1.29, 1.82) is 0 Å². The van der Waals surface area contributed by atoms with E-state index in [2.05, 4.69) is 17.1 Å². The van der Waals surface area contributed by atoms with E-state index in [0.29, 0.717) is 5.02 Å². The summed E-state index contributed by atoms with van der Waals surface area (Å²) in [5, 5.41) is 9.28. The molecule has 1 heterocycles. The van der Waals surface area contributed by atoms with Gasteiger partial charge in [-0.3, -0.25) is 0 Å². The molecule has 1 aromatic carbocycles. The first-order valence-corrected chi connectivity index (χ1v) is 4.68. The van der Waals surface area contributed by atoms with Gasteiger partial charge >= 0.3 is 0 Å². The quantitative estimate of drug-likeness (QED) is 0.737. The van der Waals surface area contributed by atoms with Crippen molar-refractivity contribution < 1.29 is 0 Å². The van der Waals surface area contributed by atoms with Crippen molar-refractivity contribution in [3.05, 3.63) is 23.2 Å². The lowest BCUT2D eigenvalue weighted by Gasteiger charge is -1.91. The van der Waals surface area contributed by atoms with Gasteiger partial charge in [-0.15, -0.1) is 0 Å². The molecule has 2 rings (SSSR count). The maximum absolute atomic E-state index is 5.83. The van der Waals surface area contributed by atoms with E-state index < -0.39 is 0 Å². The van der Waals surface area contributed by atoms with E-state index in [1.165, 1.54) is 0 Å². The molecule has 0 radical (unpaired) electrons. The zero-order chi connectivity index (χ0) is 9.26. The molecule has 2 aromatic rings. The summed E-state index contributed by atoms with van der Waals surface area (Å²) in [6.45, 7) is 2.95. The van der Waals surface area contributed by atoms with Crippen LogP contribution in [0.4, 0.5) is 0 Å². The fourth-order valence-corrected chi connectivity index (χ4v) is 1.40. The van der Waals surface area contributed by atoms with Crippen molar-refractivity contribution in [3.8, 4) is 0 Å². The van der Waals surface area contributed by atoms with Crippen LogP contribution in [-0.4, -0.2) is 15.0 Å². The molecule has 0 aliphatic rings. The van der Waals surface area contributed by atoms with E-state index in [9.17, 15) is 0 Å². The maximum Gasteiger partial charge on any atom is 0.114 e. The smallest absolute Gasteiger partial charge is 0.114 e. The highest BCUT2D eigenvalue weighted by atomic mass is 35.5. The third kappa shape index (κ3) is 1.65. The Morgan fingerprint density at radius 1 is 1.31 bits per heavy atom. The van der Waals surface area contributed by atoms with Crippen molar-refractivity contribution in [1.82, 2.24) is 15.0 Å². The molecule has 0 amide bonds. The van der Waals surface area contributed by atoms with Crippen LogP contribution in [0, 0.1) is 0 Å². The fourth-order valence-electron chi connectivity index (χ4n) is 1.23. The van der Waals surface area contributed by atoms with Crippen LogP contribution in [0.1, 0.15) is 13.3 Å². The van der Waals surface area contributed by atoms with Gasteiger partial charge in [-0.2, -0.15) is 15.0 Å². The molecular formula is C9H10ClN3. The highest BCUT2D eigenvalue weighted by Crippen LogP contribution is 2.15. The van der Waals surface area contributed by atoms with E-state index in [1.807, 2.05) is 18.2 Å². The predicted molar refractivity (Wildman–Crippen MR) is 52.8 cm³/mol. The van der Waals surface area contributed by atoms with Crippen molar-refractivity contribution in [2.24, 2.45) is 0 Å². The molecule has 0 aliphatic carbocycles. The molecule has 68 valence electrons. The number of fused-ring (bicyclic) bond motifs is 1. The summed E-state index contributed by atoms with van der Waals surface area (Å²) < 4.78 is 0. The maximum atomic E-state index is 5.83. The number of hydrogen-bond acceptors (Lipinski definition) is 2. The SMILES string of the molecule is CCCn1nc2ccc(Cl)cc2n1. The number of halogens is 1. The lowest BCUT2D eigenvalue weighted by molar-refractivity contribution is 0.535. The van der Waals surface area contributed by atoms with Crippen molar-refractivity contribution in [2.75, 3.05) is 0 Å². The summed E-state index contributed by atoms with van der Waals surface area (Å²) in [5.41, 5.74) is 1.76. The second-order valence-electron chi connectivity index (χ2n) is 2.93. The third-order valence-electron chi connectivity index (χ3n) is 1.81. The minimum absolute atomic E-state index is 0.705. The van der Waals surface area contributed by atoms with E-state index in [4.69, 9.17) is 11.6 Å². The molecule has 4 heteroatoms. The number of aromatic nitrogens is 3. The molecule has 0 fully saturated rings. The topological polar surface area (TPSA) is 30.7 Å². The zero-order valence-electron chi connectivity index (χ0n) is 7.37. The van der Waals surface area contributed by atoms with E-state index in [1.54, 1.807) is 4.80 Å². The molecule has 0 saturated carbocycles. The van der Waals surface area contributed by atoms with Crippen LogP contribution < -0.4 is 0 Å². The van der Waals surface area contributed by atoms with Crippen LogP contribution in [0.2, 0.25) is 5.02 Å². The molecule has 1 aromatic heterocycles. The third-order valence-corrected chi connectivity index (χ3v) is 2.04. The molecule has 0 atom stereocenters. The molecule has 0 spiro atoms. The number of nitrogens with zero attached hydrogens (tertiary/aromatic N) is 3. The molecule has 0 aliphatic heterocycles. The summed E-state index contributed by atoms with van der Waals surface area (Å²) in [7, 11) is 0. The van der Waals surface area contributed by atoms with Gasteiger partial charge in [0.25, 0.3) is 0 Å². The van der Waals surface area contributed by atoms with E-state index in [-0.39, 0.29) is 0 Å². The summed E-state index contributed by atoms with van der Waals surface area (Å²) in [5.74, 6) is 0. The normalized spacial score (nSPS) is 10.9. The van der Waals surface area contributed by atoms with Gasteiger partial charge in [0.2, 0.25) is 0 Å². The Morgan fingerprint density at radius 3 is 2.85 bits per heavy atom. The van der Waals surface area contributed by atoms with Crippen LogP contribution >= 0.6 is 11.6 Å². The summed E-state index contributed by atoms with van der Waals surface area (Å²) >= 11 is 5.83. The van der Waals surface area contributed by atoms with Gasteiger partial charge < -0.3 is 0 Å². The molecular weight excluding hydrogens is 186 g/mol. The van der Waals surface area contributed by atoms with Crippen molar-refractivity contribution in [2.45, 2.75) is 19.9 Å². The van der Waals surface area contributed by atoms with Crippen molar-refractivity contribution >= 4 is 22.6 Å². The molecule has 13 heavy (non-hydrogen) atoms. The second-order valence-corrected chi connectivity index (χ2v) is 3.37. The van der Waals surface area contributed by atoms with Gasteiger partial charge in [-0.1, -0.05) is 18.5 Å². The fraction of sp³-hybridized carbons (Fsp3) is 0.333. The van der Waals surface area contributed by atoms with Gasteiger partial charge in [0.15, 0.2) is 0 Å². The number of rotatable bonds is 2. The standard InChI is InChI=1S/C9H10ClN3/c1-2-5-13-11-8-4-3-7(10)6-9(8)12-13/h3-4,6H,2,5H2,1H3. The Hall–Kier alpha value is -1.09. The molecule has 3 nitrogen and oxygen atoms in total. The molecule has 0 unspecified atom stereocenters. The number of aryl methyl sites for hydroxylation is 1. The minimum Gasteiger partial charge on any atom is -0.184 e. The number of hydrogen-bond donors (Lipinski definition) is 0. The summed E-state index contributed by atoms with van der Waals surface area (Å²) in [6, 6.07) is 5.54. The van der Waals surface area contributed by atoms with Gasteiger partial charge in [0, 0.05) is 5.02 Å². The Morgan fingerprint density at radius 2 is 2.08 bits per heavy atom. The van der Waals surface area contributed by atoms with Crippen LogP contribution in [0.25, 0.3) is 11.0 Å². The summed E-state index contributed by atoms with van der Waals surface area (Å²) in [4.78, 5) is 1.71. The minimum atomic E-state index is 0.705. The van der Waals surface area contributed by atoms with Crippen LogP contribution in [0.3, 0.4) is 0 Å². The lowest BCUT2D eigenvalue weighted by atomic mass is 10.3. The molecule has 0 saturated heterocycles. The van der Waals surface area contributed by atoms with Gasteiger partial charge in [-0.25, -0.2) is 0 Å². The zero-order valence-corrected chi connectivity index (χ0v) is 8.12. The highest BCUT2D eigenvalue weighted by Gasteiger charge is 2.01. The Labute approximate surface area is 81.3 Å². The van der Waals surface area contributed by atoms with Gasteiger partial charge in [0.05, 0.1) is 6.54 Å². The Kier molecular flexibility index (Phi) is 2.19. The predicted octanol–water partition coefficient (Wildman–Crippen LogP) is 2.49. The average Bonchev–Trinajstić information content (AvgIpc) is 2.46. The first-order valence-electron chi connectivity index (χ1n) is 4.30. The van der Waals surface area contributed by atoms with E-state index in [0.717, 1.165) is 24.0 Å². The number of benzene rings is 1.